The van der Waals surface area contributed by atoms with Crippen molar-refractivity contribution in [3.63, 3.8) is 0 Å². The van der Waals surface area contributed by atoms with Gasteiger partial charge in [-0.2, -0.15) is 0 Å². The quantitative estimate of drug-likeness (QED) is 0.380. The van der Waals surface area contributed by atoms with E-state index in [0.29, 0.717) is 19.4 Å². The maximum atomic E-state index is 11.3. The summed E-state index contributed by atoms with van der Waals surface area (Å²) in [5.41, 5.74) is -0.863. The molecule has 0 aromatic heterocycles. The summed E-state index contributed by atoms with van der Waals surface area (Å²) in [7, 11) is 0. The van der Waals surface area contributed by atoms with Crippen LogP contribution in [0.5, 0.6) is 0 Å². The molecule has 2 heterocycles. The van der Waals surface area contributed by atoms with Gasteiger partial charge in [0.25, 0.3) is 5.91 Å². The molecule has 6 heteroatoms. The first-order valence-electron chi connectivity index (χ1n) is 3.99. The summed E-state index contributed by atoms with van der Waals surface area (Å²) in [6.45, 7) is 0.783. The van der Waals surface area contributed by atoms with Gasteiger partial charge >= 0.3 is 6.03 Å². The van der Waals surface area contributed by atoms with Crippen LogP contribution in [-0.4, -0.2) is 41.9 Å². The maximum Gasteiger partial charge on any atom is 0.322 e. The van der Waals surface area contributed by atoms with Crippen LogP contribution in [0.3, 0.4) is 0 Å². The van der Waals surface area contributed by atoms with Crippen LogP contribution in [0.25, 0.3) is 0 Å². The molecule has 1 spiro atoms. The van der Waals surface area contributed by atoms with Gasteiger partial charge in [0, 0.05) is 6.54 Å². The van der Waals surface area contributed by atoms with Crippen LogP contribution >= 0.6 is 0 Å². The number of amides is 4. The summed E-state index contributed by atoms with van der Waals surface area (Å²) in [6, 6.07) is -0.474. The topological polar surface area (TPSA) is 78.5 Å². The van der Waals surface area contributed by atoms with Crippen LogP contribution in [0.1, 0.15) is 6.42 Å². The zero-order valence-corrected chi connectivity index (χ0v) is 6.87. The molecule has 2 aliphatic heterocycles. The molecule has 0 bridgehead atoms. The summed E-state index contributed by atoms with van der Waals surface area (Å²) in [4.78, 5) is 34.1. The van der Waals surface area contributed by atoms with Crippen molar-refractivity contribution >= 4 is 18.3 Å². The van der Waals surface area contributed by atoms with Crippen molar-refractivity contribution in [2.75, 3.05) is 13.1 Å². The third-order valence-corrected chi connectivity index (χ3v) is 2.46. The third-order valence-electron chi connectivity index (χ3n) is 2.46. The summed E-state index contributed by atoms with van der Waals surface area (Å²) in [6.07, 6.45) is 1.18. The van der Waals surface area contributed by atoms with Gasteiger partial charge in [-0.25, -0.2) is 4.79 Å². The van der Waals surface area contributed by atoms with E-state index < -0.39 is 11.6 Å². The first kappa shape index (κ1) is 8.03. The molecule has 0 aromatic carbocycles. The average molecular weight is 183 g/mol. The summed E-state index contributed by atoms with van der Waals surface area (Å²) in [5, 5.41) is 4.71. The molecule has 2 aliphatic rings. The number of carbonyl (C=O) groups excluding carboxylic acids is 3. The van der Waals surface area contributed by atoms with Gasteiger partial charge in [-0.15, -0.1) is 0 Å². The third kappa shape index (κ3) is 1.06. The van der Waals surface area contributed by atoms with Gasteiger partial charge in [-0.05, 0) is 6.42 Å². The smallest absolute Gasteiger partial charge is 0.322 e. The lowest BCUT2D eigenvalue weighted by Crippen LogP contribution is -2.48. The predicted octanol–water partition coefficient (Wildman–Crippen LogP) is -1.57. The zero-order valence-electron chi connectivity index (χ0n) is 6.87. The van der Waals surface area contributed by atoms with Gasteiger partial charge < -0.3 is 10.2 Å². The zero-order chi connectivity index (χ0) is 9.47. The van der Waals surface area contributed by atoms with E-state index in [1.165, 1.54) is 4.90 Å². The average Bonchev–Trinajstić information content (AvgIpc) is 2.59. The Bertz CT molecular complexity index is 291. The Morgan fingerprint density at radius 1 is 1.46 bits per heavy atom. The fraction of sp³-hybridized carbons (Fsp3) is 0.571. The fourth-order valence-electron chi connectivity index (χ4n) is 1.74. The second kappa shape index (κ2) is 2.45. The van der Waals surface area contributed by atoms with Gasteiger partial charge in [0.2, 0.25) is 6.41 Å². The van der Waals surface area contributed by atoms with Crippen molar-refractivity contribution in [3.05, 3.63) is 0 Å². The first-order chi connectivity index (χ1) is 6.16. The maximum absolute atomic E-state index is 11.3. The SMILES string of the molecule is O=CN1CCC2(C1)NC(=O)NC2=O. The Balaban J connectivity index is 2.19. The molecule has 2 N–H and O–H groups in total. The molecule has 0 saturated carbocycles. The van der Waals surface area contributed by atoms with Crippen LogP contribution in [0.15, 0.2) is 0 Å². The van der Waals surface area contributed by atoms with E-state index >= 15 is 0 Å². The Morgan fingerprint density at radius 2 is 2.23 bits per heavy atom. The number of hydrogen-bond donors (Lipinski definition) is 2. The van der Waals surface area contributed by atoms with Crippen LogP contribution in [-0.2, 0) is 9.59 Å². The van der Waals surface area contributed by atoms with E-state index in [2.05, 4.69) is 10.6 Å². The second-order valence-electron chi connectivity index (χ2n) is 3.32. The van der Waals surface area contributed by atoms with Crippen molar-refractivity contribution in [3.8, 4) is 0 Å². The lowest BCUT2D eigenvalue weighted by atomic mass is 10.00. The molecule has 0 aromatic rings. The van der Waals surface area contributed by atoms with Crippen molar-refractivity contribution in [1.82, 2.24) is 15.5 Å². The number of rotatable bonds is 1. The lowest BCUT2D eigenvalue weighted by molar-refractivity contribution is -0.124. The highest BCUT2D eigenvalue weighted by Gasteiger charge is 2.50. The van der Waals surface area contributed by atoms with Crippen LogP contribution in [0.4, 0.5) is 4.79 Å². The van der Waals surface area contributed by atoms with Gasteiger partial charge in [0.05, 0.1) is 6.54 Å². The van der Waals surface area contributed by atoms with Crippen molar-refractivity contribution in [2.45, 2.75) is 12.0 Å². The molecule has 0 aliphatic carbocycles. The minimum atomic E-state index is -0.863. The number of imide groups is 1. The van der Waals surface area contributed by atoms with Crippen molar-refractivity contribution < 1.29 is 14.4 Å². The molecule has 2 fully saturated rings. The highest BCUT2D eigenvalue weighted by Crippen LogP contribution is 2.23. The Labute approximate surface area is 74.3 Å². The summed E-state index contributed by atoms with van der Waals surface area (Å²) < 4.78 is 0. The molecular weight excluding hydrogens is 174 g/mol. The van der Waals surface area contributed by atoms with E-state index in [0.717, 1.165) is 0 Å². The molecule has 6 nitrogen and oxygen atoms in total. The van der Waals surface area contributed by atoms with Gasteiger partial charge in [-0.1, -0.05) is 0 Å². The van der Waals surface area contributed by atoms with Crippen LogP contribution in [0.2, 0.25) is 0 Å². The van der Waals surface area contributed by atoms with E-state index in [9.17, 15) is 14.4 Å². The van der Waals surface area contributed by atoms with Gasteiger partial charge in [0.15, 0.2) is 0 Å². The largest absolute Gasteiger partial charge is 0.342 e. The molecule has 0 radical (unpaired) electrons. The lowest BCUT2D eigenvalue weighted by Gasteiger charge is -2.18. The number of hydrogen-bond acceptors (Lipinski definition) is 3. The molecule has 2 rings (SSSR count). The fourth-order valence-corrected chi connectivity index (χ4v) is 1.74. The normalized spacial score (nSPS) is 32.2. The molecule has 1 unspecified atom stereocenters. The predicted molar refractivity (Wildman–Crippen MR) is 41.7 cm³/mol. The monoisotopic (exact) mass is 183 g/mol. The second-order valence-corrected chi connectivity index (χ2v) is 3.32. The highest BCUT2D eigenvalue weighted by atomic mass is 16.2. The van der Waals surface area contributed by atoms with E-state index in [1.807, 2.05) is 0 Å². The van der Waals surface area contributed by atoms with Crippen molar-refractivity contribution in [2.24, 2.45) is 0 Å². The molecule has 13 heavy (non-hydrogen) atoms. The Kier molecular flexibility index (Phi) is 1.51. The van der Waals surface area contributed by atoms with Gasteiger partial charge in [0.1, 0.15) is 5.54 Å². The minimum absolute atomic E-state index is 0.272. The highest BCUT2D eigenvalue weighted by molar-refractivity contribution is 6.07. The van der Waals surface area contributed by atoms with Crippen LogP contribution in [0, 0.1) is 0 Å². The molecule has 2 saturated heterocycles. The number of urea groups is 1. The first-order valence-corrected chi connectivity index (χ1v) is 3.99. The van der Waals surface area contributed by atoms with Gasteiger partial charge in [-0.3, -0.25) is 14.9 Å². The van der Waals surface area contributed by atoms with E-state index in [-0.39, 0.29) is 12.5 Å². The summed E-state index contributed by atoms with van der Waals surface area (Å²) in [5.74, 6) is -0.332. The van der Waals surface area contributed by atoms with E-state index in [1.54, 1.807) is 0 Å². The molecule has 4 amide bonds. The Hall–Kier alpha value is -1.59. The number of nitrogens with one attached hydrogen (secondary N) is 2. The summed E-state index contributed by atoms with van der Waals surface area (Å²) >= 11 is 0. The van der Waals surface area contributed by atoms with E-state index in [4.69, 9.17) is 0 Å². The number of nitrogens with zero attached hydrogens (tertiary/aromatic N) is 1. The van der Waals surface area contributed by atoms with Crippen LogP contribution < -0.4 is 10.6 Å². The Morgan fingerprint density at radius 3 is 2.69 bits per heavy atom. The molecule has 70 valence electrons. The van der Waals surface area contributed by atoms with Crippen molar-refractivity contribution in [1.29, 1.82) is 0 Å². The number of carbonyl (C=O) groups is 3. The molecule has 1 atom stereocenters. The minimum Gasteiger partial charge on any atom is -0.342 e. The standard InChI is InChI=1S/C7H9N3O3/c11-4-10-2-1-7(3-10)5(12)8-6(13)9-7/h4H,1-3H2,(H2,8,9,12,13). The number of likely N-dealkylation sites (tertiary alicyclic amines) is 1. The molecular formula is C7H9N3O3.